The highest BCUT2D eigenvalue weighted by molar-refractivity contribution is 14.1. The molecule has 3 nitrogen and oxygen atoms in total. The summed E-state index contributed by atoms with van der Waals surface area (Å²) >= 11 is 2.16. The Morgan fingerprint density at radius 3 is 2.05 bits per heavy atom. The number of hydrogen-bond acceptors (Lipinski definition) is 3. The van der Waals surface area contributed by atoms with Gasteiger partial charge in [-0.2, -0.15) is 0 Å². The molecule has 100 valence electrons. The van der Waals surface area contributed by atoms with Gasteiger partial charge in [-0.3, -0.25) is 0 Å². The molecule has 0 aliphatic heterocycles. The van der Waals surface area contributed by atoms with E-state index in [1.54, 1.807) is 13.0 Å². The molecule has 0 aliphatic rings. The molecule has 2 aromatic rings. The van der Waals surface area contributed by atoms with Crippen LogP contribution in [0.1, 0.15) is 5.56 Å². The van der Waals surface area contributed by atoms with E-state index in [0.29, 0.717) is 11.0 Å². The lowest BCUT2D eigenvalue weighted by atomic mass is 9.80. The van der Waals surface area contributed by atoms with Crippen LogP contribution in [0, 0.1) is 16.3 Å². The van der Waals surface area contributed by atoms with E-state index in [9.17, 15) is 4.39 Å². The highest BCUT2D eigenvalue weighted by Gasteiger charge is 2.08. The summed E-state index contributed by atoms with van der Waals surface area (Å²) in [4.78, 5) is 0. The van der Waals surface area contributed by atoms with Gasteiger partial charge in [0.1, 0.15) is 11.6 Å². The van der Waals surface area contributed by atoms with E-state index in [1.165, 1.54) is 30.3 Å². The SMILES string of the molecule is Cc1cc(I)ccc1F.OB(O)c1ccc(O)cc1. The van der Waals surface area contributed by atoms with Crippen molar-refractivity contribution >= 4 is 35.2 Å². The highest BCUT2D eigenvalue weighted by atomic mass is 127. The van der Waals surface area contributed by atoms with E-state index in [0.717, 1.165) is 3.57 Å². The van der Waals surface area contributed by atoms with E-state index >= 15 is 0 Å². The minimum atomic E-state index is -1.46. The van der Waals surface area contributed by atoms with E-state index in [4.69, 9.17) is 15.2 Å². The topological polar surface area (TPSA) is 60.7 Å². The fourth-order valence-electron chi connectivity index (χ4n) is 1.25. The number of benzene rings is 2. The van der Waals surface area contributed by atoms with Gasteiger partial charge in [0.2, 0.25) is 0 Å². The van der Waals surface area contributed by atoms with Gasteiger partial charge < -0.3 is 15.2 Å². The zero-order valence-corrected chi connectivity index (χ0v) is 12.4. The molecule has 19 heavy (non-hydrogen) atoms. The number of halogens is 2. The van der Waals surface area contributed by atoms with Crippen LogP contribution in [0.4, 0.5) is 4.39 Å². The van der Waals surface area contributed by atoms with Crippen molar-refractivity contribution in [1.82, 2.24) is 0 Å². The molecule has 0 unspecified atom stereocenters. The lowest BCUT2D eigenvalue weighted by molar-refractivity contribution is 0.425. The Labute approximate surface area is 125 Å². The molecule has 0 bridgehead atoms. The lowest BCUT2D eigenvalue weighted by Crippen LogP contribution is -2.29. The van der Waals surface area contributed by atoms with Crippen LogP contribution in [0.2, 0.25) is 0 Å². The minimum absolute atomic E-state index is 0.115. The van der Waals surface area contributed by atoms with Gasteiger partial charge in [0.05, 0.1) is 0 Å². The maximum atomic E-state index is 12.5. The van der Waals surface area contributed by atoms with Crippen molar-refractivity contribution in [3.8, 4) is 5.75 Å². The average Bonchev–Trinajstić information content (AvgIpc) is 2.35. The second-order valence-electron chi connectivity index (χ2n) is 3.86. The summed E-state index contributed by atoms with van der Waals surface area (Å²) in [5, 5.41) is 26.0. The molecule has 0 heterocycles. The molecular weight excluding hydrogens is 361 g/mol. The Kier molecular flexibility index (Phi) is 6.27. The van der Waals surface area contributed by atoms with E-state index in [2.05, 4.69) is 22.6 Å². The fourth-order valence-corrected chi connectivity index (χ4v) is 1.90. The van der Waals surface area contributed by atoms with Gasteiger partial charge in [0.15, 0.2) is 0 Å². The molecule has 0 saturated carbocycles. The minimum Gasteiger partial charge on any atom is -0.508 e. The number of aryl methyl sites for hydroxylation is 1. The lowest BCUT2D eigenvalue weighted by Gasteiger charge is -1.96. The van der Waals surface area contributed by atoms with Gasteiger partial charge in [0.25, 0.3) is 0 Å². The summed E-state index contributed by atoms with van der Waals surface area (Å²) in [6, 6.07) is 10.7. The second-order valence-corrected chi connectivity index (χ2v) is 5.10. The van der Waals surface area contributed by atoms with Crippen LogP contribution in [0.25, 0.3) is 0 Å². The van der Waals surface area contributed by atoms with Crippen molar-refractivity contribution in [3.05, 3.63) is 57.4 Å². The second kappa shape index (κ2) is 7.47. The summed E-state index contributed by atoms with van der Waals surface area (Å²) in [6.07, 6.45) is 0. The summed E-state index contributed by atoms with van der Waals surface area (Å²) in [5.74, 6) is -0.0141. The van der Waals surface area contributed by atoms with Crippen LogP contribution in [0.5, 0.6) is 5.75 Å². The molecule has 0 aromatic heterocycles. The number of hydrogen-bond donors (Lipinski definition) is 3. The van der Waals surface area contributed by atoms with E-state index < -0.39 is 7.12 Å². The standard InChI is InChI=1S/C7H6FI.C6H7BO3/c1-5-4-6(9)2-3-7(5)8;8-6-3-1-5(2-4-6)7(9)10/h2-4H,1H3;1-4,8-10H. The molecule has 0 amide bonds. The number of aromatic hydroxyl groups is 1. The number of phenolic OH excluding ortho intramolecular Hbond substituents is 1. The largest absolute Gasteiger partial charge is 0.508 e. The third-order valence-corrected chi connectivity index (χ3v) is 2.98. The van der Waals surface area contributed by atoms with E-state index in [-0.39, 0.29) is 11.6 Å². The van der Waals surface area contributed by atoms with Crippen LogP contribution >= 0.6 is 22.6 Å². The van der Waals surface area contributed by atoms with Crippen LogP contribution in [-0.4, -0.2) is 22.3 Å². The molecule has 0 spiro atoms. The van der Waals surface area contributed by atoms with E-state index in [1.807, 2.05) is 6.07 Å². The molecule has 3 N–H and O–H groups in total. The van der Waals surface area contributed by atoms with Crippen molar-refractivity contribution in [2.45, 2.75) is 6.92 Å². The fraction of sp³-hybridized carbons (Fsp3) is 0.0769. The smallest absolute Gasteiger partial charge is 0.488 e. The molecule has 2 rings (SSSR count). The van der Waals surface area contributed by atoms with Crippen molar-refractivity contribution in [2.75, 3.05) is 0 Å². The molecule has 2 aromatic carbocycles. The summed E-state index contributed by atoms with van der Waals surface area (Å²) in [7, 11) is -1.46. The summed E-state index contributed by atoms with van der Waals surface area (Å²) in [6.45, 7) is 1.76. The first kappa shape index (κ1) is 15.9. The van der Waals surface area contributed by atoms with Gasteiger partial charge >= 0.3 is 7.12 Å². The Balaban J connectivity index is 0.000000191. The van der Waals surface area contributed by atoms with Crippen molar-refractivity contribution in [1.29, 1.82) is 0 Å². The third kappa shape index (κ3) is 5.58. The van der Waals surface area contributed by atoms with Gasteiger partial charge in [-0.1, -0.05) is 12.1 Å². The zero-order valence-electron chi connectivity index (χ0n) is 10.2. The maximum absolute atomic E-state index is 12.5. The van der Waals surface area contributed by atoms with Crippen molar-refractivity contribution in [3.63, 3.8) is 0 Å². The Bertz CT molecular complexity index is 532. The third-order valence-electron chi connectivity index (χ3n) is 2.31. The first-order chi connectivity index (χ1) is 8.90. The normalized spacial score (nSPS) is 9.53. The predicted octanol–water partition coefficient (Wildman–Crippen LogP) is 1.81. The van der Waals surface area contributed by atoms with Gasteiger partial charge in [0, 0.05) is 3.57 Å². The molecule has 6 heteroatoms. The number of rotatable bonds is 1. The Morgan fingerprint density at radius 2 is 1.63 bits per heavy atom. The van der Waals surface area contributed by atoms with Crippen LogP contribution in [0.3, 0.4) is 0 Å². The highest BCUT2D eigenvalue weighted by Crippen LogP contribution is 2.10. The van der Waals surface area contributed by atoms with Gasteiger partial charge in [-0.05, 0) is 70.9 Å². The molecular formula is C13H13BFIO3. The average molecular weight is 374 g/mol. The number of phenols is 1. The van der Waals surface area contributed by atoms with Crippen molar-refractivity contribution in [2.24, 2.45) is 0 Å². The quantitative estimate of drug-likeness (QED) is 0.527. The van der Waals surface area contributed by atoms with Crippen molar-refractivity contribution < 1.29 is 19.5 Å². The van der Waals surface area contributed by atoms with Crippen LogP contribution in [0.15, 0.2) is 42.5 Å². The molecule has 0 atom stereocenters. The molecule has 0 aliphatic carbocycles. The first-order valence-electron chi connectivity index (χ1n) is 5.47. The van der Waals surface area contributed by atoms with Gasteiger partial charge in [-0.15, -0.1) is 0 Å². The summed E-state index contributed by atoms with van der Waals surface area (Å²) in [5.41, 5.74) is 1.08. The summed E-state index contributed by atoms with van der Waals surface area (Å²) < 4.78 is 13.6. The van der Waals surface area contributed by atoms with Gasteiger partial charge in [-0.25, -0.2) is 4.39 Å². The Morgan fingerprint density at radius 1 is 1.05 bits per heavy atom. The monoisotopic (exact) mass is 374 g/mol. The molecule has 0 fully saturated rings. The molecule has 0 radical (unpaired) electrons. The van der Waals surface area contributed by atoms with Crippen LogP contribution < -0.4 is 5.46 Å². The maximum Gasteiger partial charge on any atom is 0.488 e. The van der Waals surface area contributed by atoms with Crippen LogP contribution in [-0.2, 0) is 0 Å². The Hall–Kier alpha value is -1.12. The predicted molar refractivity (Wildman–Crippen MR) is 81.8 cm³/mol. The molecule has 0 saturated heterocycles. The first-order valence-corrected chi connectivity index (χ1v) is 6.54. The zero-order chi connectivity index (χ0) is 14.4.